The van der Waals surface area contributed by atoms with Crippen LogP contribution in [-0.2, 0) is 0 Å². The van der Waals surface area contributed by atoms with Gasteiger partial charge in [0.15, 0.2) is 0 Å². The highest BCUT2D eigenvalue weighted by atomic mass is 16.3. The maximum absolute atomic E-state index is 5.88. The first kappa shape index (κ1) is 10.4. The molecule has 1 nitrogen and oxygen atoms in total. The molecule has 1 aliphatic carbocycles. The average Bonchev–Trinajstić information content (AvgIpc) is 2.53. The summed E-state index contributed by atoms with van der Waals surface area (Å²) in [7, 11) is 0. The van der Waals surface area contributed by atoms with Gasteiger partial charge in [-0.15, -0.1) is 0 Å². The lowest BCUT2D eigenvalue weighted by atomic mass is 10.0. The molecule has 0 unspecified atom stereocenters. The molecule has 0 aliphatic heterocycles. The monoisotopic (exact) mass is 224 g/mol. The van der Waals surface area contributed by atoms with Crippen molar-refractivity contribution >= 4 is 23.1 Å². The van der Waals surface area contributed by atoms with Crippen LogP contribution in [0.1, 0.15) is 20.3 Å². The minimum atomic E-state index is 0.558. The van der Waals surface area contributed by atoms with E-state index < -0.39 is 0 Å². The van der Waals surface area contributed by atoms with Crippen LogP contribution >= 0.6 is 0 Å². The molecular weight excluding hydrogens is 208 g/mol. The van der Waals surface area contributed by atoms with Crippen molar-refractivity contribution in [2.45, 2.75) is 20.3 Å². The molecule has 0 bridgehead atoms. The molecule has 0 spiro atoms. The Kier molecular flexibility index (Phi) is 2.40. The Labute approximate surface area is 101 Å². The van der Waals surface area contributed by atoms with Gasteiger partial charge in [-0.05, 0) is 36.1 Å². The number of hydrogen-bond donors (Lipinski definition) is 0. The number of furan rings is 1. The van der Waals surface area contributed by atoms with Gasteiger partial charge in [0.25, 0.3) is 0 Å². The molecule has 1 aromatic carbocycles. The molecule has 1 aliphatic rings. The van der Waals surface area contributed by atoms with Crippen molar-refractivity contribution in [1.29, 1.82) is 0 Å². The first-order valence-electron chi connectivity index (χ1n) is 6.15. The van der Waals surface area contributed by atoms with Crippen molar-refractivity contribution in [3.05, 3.63) is 46.5 Å². The maximum atomic E-state index is 5.88. The van der Waals surface area contributed by atoms with Crippen molar-refractivity contribution in [2.24, 2.45) is 5.92 Å². The zero-order valence-corrected chi connectivity index (χ0v) is 10.2. The summed E-state index contributed by atoms with van der Waals surface area (Å²) in [6.07, 6.45) is 7.68. The Morgan fingerprint density at radius 3 is 2.76 bits per heavy atom. The number of para-hydroxylation sites is 1. The largest absolute Gasteiger partial charge is 0.456 e. The number of fused-ring (bicyclic) bond motifs is 3. The summed E-state index contributed by atoms with van der Waals surface area (Å²) in [6, 6.07) is 8.25. The summed E-state index contributed by atoms with van der Waals surface area (Å²) in [5.74, 6) is 0.558. The smallest absolute Gasteiger partial charge is 0.135 e. The molecule has 1 aromatic heterocycles. The Hall–Kier alpha value is -1.76. The molecule has 1 heterocycles. The second-order valence-electron chi connectivity index (χ2n) is 4.82. The van der Waals surface area contributed by atoms with Crippen LogP contribution in [-0.4, -0.2) is 0 Å². The Morgan fingerprint density at radius 2 is 1.94 bits per heavy atom. The van der Waals surface area contributed by atoms with Gasteiger partial charge in [-0.25, -0.2) is 0 Å². The predicted octanol–water partition coefficient (Wildman–Crippen LogP) is 2.98. The van der Waals surface area contributed by atoms with E-state index in [4.69, 9.17) is 4.42 Å². The van der Waals surface area contributed by atoms with E-state index in [1.165, 1.54) is 16.2 Å². The average molecular weight is 224 g/mol. The van der Waals surface area contributed by atoms with E-state index in [1.54, 1.807) is 0 Å². The van der Waals surface area contributed by atoms with Crippen LogP contribution in [0.15, 0.2) is 40.3 Å². The standard InChI is InChI=1S/C16H16O/c1-11(2)12-6-5-9-16-14(10-12)13-7-3-4-8-15(13)17-16/h3-4,6-11H,5H2,1-2H3. The number of hydrogen-bond acceptors (Lipinski definition) is 1. The van der Waals surface area contributed by atoms with Crippen LogP contribution < -0.4 is 10.6 Å². The van der Waals surface area contributed by atoms with E-state index in [2.05, 4.69) is 44.2 Å². The van der Waals surface area contributed by atoms with Crippen LogP contribution in [0, 0.1) is 5.92 Å². The second-order valence-corrected chi connectivity index (χ2v) is 4.82. The molecule has 0 atom stereocenters. The Balaban J connectivity index is 2.38. The van der Waals surface area contributed by atoms with Crippen molar-refractivity contribution in [2.75, 3.05) is 0 Å². The lowest BCUT2D eigenvalue weighted by Crippen LogP contribution is -2.19. The molecule has 0 amide bonds. The highest BCUT2D eigenvalue weighted by Crippen LogP contribution is 2.15. The highest BCUT2D eigenvalue weighted by Gasteiger charge is 2.07. The third kappa shape index (κ3) is 1.72. The van der Waals surface area contributed by atoms with Crippen LogP contribution in [0.5, 0.6) is 0 Å². The number of rotatable bonds is 1. The van der Waals surface area contributed by atoms with Crippen LogP contribution in [0.25, 0.3) is 23.1 Å². The van der Waals surface area contributed by atoms with Crippen molar-refractivity contribution in [3.63, 3.8) is 0 Å². The third-order valence-corrected chi connectivity index (χ3v) is 3.30. The topological polar surface area (TPSA) is 13.1 Å². The van der Waals surface area contributed by atoms with Crippen molar-refractivity contribution < 1.29 is 4.42 Å². The zero-order chi connectivity index (χ0) is 11.8. The van der Waals surface area contributed by atoms with Crippen LogP contribution in [0.3, 0.4) is 0 Å². The maximum Gasteiger partial charge on any atom is 0.135 e. The van der Waals surface area contributed by atoms with E-state index in [9.17, 15) is 0 Å². The summed E-state index contributed by atoms with van der Waals surface area (Å²) < 4.78 is 5.88. The molecule has 2 aromatic rings. The summed E-state index contributed by atoms with van der Waals surface area (Å²) in [5, 5.41) is 2.45. The molecule has 0 saturated heterocycles. The van der Waals surface area contributed by atoms with Gasteiger partial charge in [-0.2, -0.15) is 0 Å². The molecule has 3 rings (SSSR count). The van der Waals surface area contributed by atoms with Crippen LogP contribution in [0.2, 0.25) is 0 Å². The summed E-state index contributed by atoms with van der Waals surface area (Å²) in [5.41, 5.74) is 3.39. The van der Waals surface area contributed by atoms with Gasteiger partial charge >= 0.3 is 0 Å². The van der Waals surface area contributed by atoms with Crippen molar-refractivity contribution in [3.8, 4) is 0 Å². The van der Waals surface area contributed by atoms with Gasteiger partial charge < -0.3 is 4.42 Å². The molecule has 1 heteroatoms. The molecule has 17 heavy (non-hydrogen) atoms. The first-order valence-corrected chi connectivity index (χ1v) is 6.15. The summed E-state index contributed by atoms with van der Waals surface area (Å²) in [4.78, 5) is 0. The summed E-state index contributed by atoms with van der Waals surface area (Å²) >= 11 is 0. The molecule has 0 saturated carbocycles. The van der Waals surface area contributed by atoms with Gasteiger partial charge in [0.2, 0.25) is 0 Å². The SMILES string of the molecule is CC(C)C1=CCC=c2oc3ccccc3c2=C1. The lowest BCUT2D eigenvalue weighted by molar-refractivity contribution is 0.574. The van der Waals surface area contributed by atoms with Gasteiger partial charge in [-0.1, -0.05) is 38.1 Å². The van der Waals surface area contributed by atoms with E-state index in [0.717, 1.165) is 17.4 Å². The van der Waals surface area contributed by atoms with Gasteiger partial charge in [0.1, 0.15) is 11.0 Å². The van der Waals surface area contributed by atoms with Crippen molar-refractivity contribution in [1.82, 2.24) is 0 Å². The van der Waals surface area contributed by atoms with E-state index in [-0.39, 0.29) is 0 Å². The molecule has 0 radical (unpaired) electrons. The number of benzene rings is 1. The fraction of sp³-hybridized carbons (Fsp3) is 0.250. The van der Waals surface area contributed by atoms with Gasteiger partial charge in [0, 0.05) is 10.6 Å². The number of allylic oxidation sites excluding steroid dienone is 2. The molecule has 0 fully saturated rings. The van der Waals surface area contributed by atoms with Gasteiger partial charge in [0.05, 0.1) is 0 Å². The summed E-state index contributed by atoms with van der Waals surface area (Å²) in [6.45, 7) is 4.46. The Bertz CT molecular complexity index is 699. The van der Waals surface area contributed by atoms with Crippen LogP contribution in [0.4, 0.5) is 0 Å². The second kappa shape index (κ2) is 3.92. The normalized spacial score (nSPS) is 14.9. The predicted molar refractivity (Wildman–Crippen MR) is 71.9 cm³/mol. The Morgan fingerprint density at radius 1 is 1.12 bits per heavy atom. The highest BCUT2D eigenvalue weighted by molar-refractivity contribution is 5.80. The van der Waals surface area contributed by atoms with Gasteiger partial charge in [-0.3, -0.25) is 0 Å². The molecular formula is C16H16O. The minimum absolute atomic E-state index is 0.558. The lowest BCUT2D eigenvalue weighted by Gasteiger charge is -2.04. The van der Waals surface area contributed by atoms with E-state index in [0.29, 0.717) is 5.92 Å². The quantitative estimate of drug-likeness (QED) is 0.726. The van der Waals surface area contributed by atoms with E-state index in [1.807, 2.05) is 12.1 Å². The third-order valence-electron chi connectivity index (χ3n) is 3.30. The zero-order valence-electron chi connectivity index (χ0n) is 10.2. The van der Waals surface area contributed by atoms with E-state index >= 15 is 0 Å². The fourth-order valence-corrected chi connectivity index (χ4v) is 2.31. The molecule has 86 valence electrons. The fourth-order valence-electron chi connectivity index (χ4n) is 2.31. The first-order chi connectivity index (χ1) is 8.25. The minimum Gasteiger partial charge on any atom is -0.456 e. The molecule has 0 N–H and O–H groups in total.